The molecule has 0 aliphatic heterocycles. The van der Waals surface area contributed by atoms with E-state index in [0.29, 0.717) is 22.1 Å². The summed E-state index contributed by atoms with van der Waals surface area (Å²) in [6, 6.07) is 1.50. The number of aromatic nitrogens is 6. The van der Waals surface area contributed by atoms with Crippen molar-refractivity contribution in [2.45, 2.75) is 32.7 Å². The Morgan fingerprint density at radius 1 is 1.32 bits per heavy atom. The van der Waals surface area contributed by atoms with Gasteiger partial charge in [0.25, 0.3) is 0 Å². The molecule has 0 aromatic carbocycles. The van der Waals surface area contributed by atoms with E-state index in [4.69, 9.17) is 0 Å². The van der Waals surface area contributed by atoms with Gasteiger partial charge in [-0.05, 0) is 36.8 Å². The van der Waals surface area contributed by atoms with Crippen molar-refractivity contribution in [2.75, 3.05) is 0 Å². The lowest BCUT2D eigenvalue weighted by molar-refractivity contribution is 0.0568. The van der Waals surface area contributed by atoms with E-state index in [-0.39, 0.29) is 0 Å². The molecule has 4 aromatic heterocycles. The zero-order chi connectivity index (χ0) is 17.1. The molecular weight excluding hydrogens is 346 g/mol. The third-order valence-electron chi connectivity index (χ3n) is 4.67. The Kier molecular flexibility index (Phi) is 3.15. The van der Waals surface area contributed by atoms with E-state index in [1.807, 2.05) is 0 Å². The van der Waals surface area contributed by atoms with Crippen LogP contribution in [0.25, 0.3) is 27.4 Å². The molecule has 4 aromatic rings. The van der Waals surface area contributed by atoms with Gasteiger partial charge < -0.3 is 0 Å². The highest BCUT2D eigenvalue weighted by Crippen LogP contribution is 2.38. The first kappa shape index (κ1) is 14.9. The Labute approximate surface area is 145 Å². The minimum atomic E-state index is -2.68. The average molecular weight is 360 g/mol. The molecule has 0 saturated carbocycles. The van der Waals surface area contributed by atoms with E-state index in [1.165, 1.54) is 22.7 Å². The van der Waals surface area contributed by atoms with Crippen LogP contribution >= 0.6 is 11.3 Å². The van der Waals surface area contributed by atoms with E-state index >= 15 is 0 Å². The topological polar surface area (TPSA) is 60.9 Å². The molecule has 6 nitrogen and oxygen atoms in total. The predicted octanol–water partition coefficient (Wildman–Crippen LogP) is 3.72. The first-order valence-corrected chi connectivity index (χ1v) is 8.91. The van der Waals surface area contributed by atoms with E-state index in [0.717, 1.165) is 35.1 Å². The second kappa shape index (κ2) is 5.29. The molecule has 0 unspecified atom stereocenters. The van der Waals surface area contributed by atoms with E-state index in [9.17, 15) is 8.78 Å². The van der Waals surface area contributed by atoms with Gasteiger partial charge in [0, 0.05) is 11.1 Å². The van der Waals surface area contributed by atoms with Gasteiger partial charge in [0.05, 0.1) is 5.39 Å². The fourth-order valence-electron chi connectivity index (χ4n) is 3.41. The molecule has 0 saturated heterocycles. The number of hydrogen-bond donors (Lipinski definition) is 0. The van der Waals surface area contributed by atoms with Crippen molar-refractivity contribution in [1.82, 2.24) is 29.4 Å². The molecule has 25 heavy (non-hydrogen) atoms. The van der Waals surface area contributed by atoms with Crippen molar-refractivity contribution in [3.63, 3.8) is 0 Å². The van der Waals surface area contributed by atoms with Crippen molar-refractivity contribution in [1.29, 1.82) is 0 Å². The Hall–Kier alpha value is -2.42. The first-order valence-electron chi connectivity index (χ1n) is 8.09. The number of rotatable bonds is 2. The van der Waals surface area contributed by atoms with Gasteiger partial charge in [-0.25, -0.2) is 19.2 Å². The maximum atomic E-state index is 12.7. The Morgan fingerprint density at radius 3 is 3.00 bits per heavy atom. The summed E-state index contributed by atoms with van der Waals surface area (Å²) in [4.78, 5) is 11.4. The molecule has 4 heterocycles. The van der Waals surface area contributed by atoms with Gasteiger partial charge in [0.2, 0.25) is 5.82 Å². The first-order chi connectivity index (χ1) is 12.1. The minimum absolute atomic E-state index is 0.329. The van der Waals surface area contributed by atoms with Gasteiger partial charge in [0.15, 0.2) is 5.65 Å². The van der Waals surface area contributed by atoms with Crippen LogP contribution in [-0.4, -0.2) is 29.4 Å². The molecule has 1 aliphatic carbocycles. The number of alkyl halides is 2. The molecule has 1 aliphatic rings. The summed E-state index contributed by atoms with van der Waals surface area (Å²) in [5, 5.41) is 9.27. The van der Waals surface area contributed by atoms with E-state index in [1.54, 1.807) is 22.2 Å². The smallest absolute Gasteiger partial charge is 0.225 e. The van der Waals surface area contributed by atoms with Gasteiger partial charge in [-0.1, -0.05) is 6.92 Å². The summed E-state index contributed by atoms with van der Waals surface area (Å²) in [6.07, 6.45) is 6.10. The fourth-order valence-corrected chi connectivity index (χ4v) is 4.76. The normalized spacial score (nSPS) is 17.7. The summed E-state index contributed by atoms with van der Waals surface area (Å²) in [5.74, 6) is 1.01. The third kappa shape index (κ3) is 2.25. The molecule has 0 N–H and O–H groups in total. The molecule has 0 bridgehead atoms. The van der Waals surface area contributed by atoms with Gasteiger partial charge in [0.1, 0.15) is 16.9 Å². The third-order valence-corrected chi connectivity index (χ3v) is 5.83. The quantitative estimate of drug-likeness (QED) is 0.547. The van der Waals surface area contributed by atoms with Crippen molar-refractivity contribution < 1.29 is 8.78 Å². The Bertz CT molecular complexity index is 1100. The molecular formula is C16H14F2N6S. The predicted molar refractivity (Wildman–Crippen MR) is 89.8 cm³/mol. The van der Waals surface area contributed by atoms with Crippen LogP contribution in [0.15, 0.2) is 18.6 Å². The van der Waals surface area contributed by atoms with Gasteiger partial charge in [-0.3, -0.25) is 0 Å². The largest absolute Gasteiger partial charge is 0.333 e. The SMILES string of the molecule is C[C@H]1CCc2c(sc3ncn4nc(-c5ccn(C(F)F)n5)nc4c23)C1. The summed E-state index contributed by atoms with van der Waals surface area (Å²) in [5.41, 5.74) is 2.36. The van der Waals surface area contributed by atoms with Crippen LogP contribution in [0.5, 0.6) is 0 Å². The van der Waals surface area contributed by atoms with E-state index < -0.39 is 6.55 Å². The molecule has 0 spiro atoms. The number of hydrogen-bond acceptors (Lipinski definition) is 5. The van der Waals surface area contributed by atoms with Crippen molar-refractivity contribution in [3.05, 3.63) is 29.0 Å². The lowest BCUT2D eigenvalue weighted by atomic mass is 9.89. The average Bonchev–Trinajstić information content (AvgIpc) is 3.29. The molecule has 9 heteroatoms. The molecule has 0 radical (unpaired) electrons. The molecule has 1 atom stereocenters. The highest BCUT2D eigenvalue weighted by atomic mass is 32.1. The highest BCUT2D eigenvalue weighted by molar-refractivity contribution is 7.19. The Morgan fingerprint density at radius 2 is 2.20 bits per heavy atom. The summed E-state index contributed by atoms with van der Waals surface area (Å²) >= 11 is 1.72. The maximum absolute atomic E-state index is 12.7. The molecule has 0 fully saturated rings. The van der Waals surface area contributed by atoms with Crippen LogP contribution in [0.3, 0.4) is 0 Å². The number of fused-ring (bicyclic) bond motifs is 5. The molecule has 128 valence electrons. The lowest BCUT2D eigenvalue weighted by Gasteiger charge is -2.17. The number of aryl methyl sites for hydroxylation is 1. The zero-order valence-corrected chi connectivity index (χ0v) is 14.2. The van der Waals surface area contributed by atoms with Crippen LogP contribution in [-0.2, 0) is 12.8 Å². The van der Waals surface area contributed by atoms with Crippen LogP contribution in [0.1, 0.15) is 30.3 Å². The lowest BCUT2D eigenvalue weighted by Crippen LogP contribution is -2.08. The van der Waals surface area contributed by atoms with Crippen LogP contribution in [0, 0.1) is 5.92 Å². The zero-order valence-electron chi connectivity index (χ0n) is 13.4. The van der Waals surface area contributed by atoms with Crippen molar-refractivity contribution in [3.8, 4) is 11.5 Å². The Balaban J connectivity index is 1.70. The van der Waals surface area contributed by atoms with Gasteiger partial charge >= 0.3 is 6.55 Å². The standard InChI is InChI=1S/C16H14F2N6S/c1-8-2-3-9-11(6-8)25-15-12(9)14-20-13(22-24(14)7-19-15)10-4-5-23(21-10)16(17)18/h4-5,7-8,16H,2-3,6H2,1H3/t8-/m0/s1. The number of nitrogens with zero attached hydrogens (tertiary/aromatic N) is 6. The summed E-state index contributed by atoms with van der Waals surface area (Å²) in [6.45, 7) is -0.407. The highest BCUT2D eigenvalue weighted by Gasteiger charge is 2.24. The maximum Gasteiger partial charge on any atom is 0.333 e. The molecule has 5 rings (SSSR count). The monoisotopic (exact) mass is 360 g/mol. The summed E-state index contributed by atoms with van der Waals surface area (Å²) in [7, 11) is 0. The van der Waals surface area contributed by atoms with Crippen LogP contribution in [0.2, 0.25) is 0 Å². The minimum Gasteiger partial charge on any atom is -0.225 e. The molecule has 0 amide bonds. The van der Waals surface area contributed by atoms with Crippen LogP contribution in [0.4, 0.5) is 8.78 Å². The second-order valence-corrected chi connectivity index (χ2v) is 7.52. The van der Waals surface area contributed by atoms with Crippen molar-refractivity contribution >= 4 is 27.2 Å². The van der Waals surface area contributed by atoms with Crippen LogP contribution < -0.4 is 0 Å². The number of thiophene rings is 1. The second-order valence-electron chi connectivity index (χ2n) is 6.44. The fraction of sp³-hybridized carbons (Fsp3) is 0.375. The van der Waals surface area contributed by atoms with Gasteiger partial charge in [-0.2, -0.15) is 13.9 Å². The summed E-state index contributed by atoms with van der Waals surface area (Å²) < 4.78 is 27.7. The van der Waals surface area contributed by atoms with Crippen molar-refractivity contribution in [2.24, 2.45) is 5.92 Å². The van der Waals surface area contributed by atoms with E-state index in [2.05, 4.69) is 27.1 Å². The van der Waals surface area contributed by atoms with Gasteiger partial charge in [-0.15, -0.1) is 16.4 Å². The number of halogens is 2.